The van der Waals surface area contributed by atoms with Crippen LogP contribution in [0.1, 0.15) is 20.3 Å². The quantitative estimate of drug-likeness (QED) is 0.541. The Morgan fingerprint density at radius 2 is 2.25 bits per heavy atom. The summed E-state index contributed by atoms with van der Waals surface area (Å²) in [7, 11) is 0. The summed E-state index contributed by atoms with van der Waals surface area (Å²) in [5.74, 6) is 0. The van der Waals surface area contributed by atoms with Crippen LogP contribution in [0.3, 0.4) is 0 Å². The first-order chi connectivity index (χ1) is 3.50. The van der Waals surface area contributed by atoms with Gasteiger partial charge in [0.15, 0.2) is 0 Å². The average Bonchev–Trinajstić information content (AvgIpc) is 1.67. The Bertz CT molecular complexity index is 102. The van der Waals surface area contributed by atoms with Crippen molar-refractivity contribution in [2.45, 2.75) is 25.1 Å². The molecule has 3 nitrogen and oxygen atoms in total. The Morgan fingerprint density at radius 3 is 2.25 bits per heavy atom. The van der Waals surface area contributed by atoms with Gasteiger partial charge < -0.3 is 10.3 Å². The van der Waals surface area contributed by atoms with Gasteiger partial charge in [0, 0.05) is 0 Å². The third-order valence-corrected chi connectivity index (χ3v) is 2.13. The zero-order chi connectivity index (χ0) is 6.78. The Labute approximate surface area is 51.6 Å². The van der Waals surface area contributed by atoms with Crippen LogP contribution in [0.5, 0.6) is 0 Å². The van der Waals surface area contributed by atoms with E-state index in [9.17, 15) is 8.76 Å². The Kier molecular flexibility index (Phi) is 2.59. The van der Waals surface area contributed by atoms with Crippen LogP contribution in [0, 0.1) is 0 Å². The van der Waals surface area contributed by atoms with Crippen LogP contribution < -0.4 is 5.73 Å². The molecule has 0 aliphatic rings. The van der Waals surface area contributed by atoms with Gasteiger partial charge in [0.2, 0.25) is 0 Å². The van der Waals surface area contributed by atoms with Crippen molar-refractivity contribution in [1.82, 2.24) is 0 Å². The standard InChI is InChI=1S/C4H11NO2S/c1-3-4(2,5)8(6)7/h3,5H2,1-2H3,(H,6,7)/p-1. The monoisotopic (exact) mass is 136 g/mol. The van der Waals surface area contributed by atoms with Crippen molar-refractivity contribution in [3.63, 3.8) is 0 Å². The molecule has 0 saturated carbocycles. The van der Waals surface area contributed by atoms with Gasteiger partial charge >= 0.3 is 0 Å². The minimum absolute atomic E-state index is 0.448. The Hall–Kier alpha value is 0.0700. The molecule has 2 N–H and O–H groups in total. The highest BCUT2D eigenvalue weighted by atomic mass is 32.2. The second-order valence-corrected chi connectivity index (χ2v) is 3.30. The van der Waals surface area contributed by atoms with Crippen LogP contribution in [0.25, 0.3) is 0 Å². The van der Waals surface area contributed by atoms with Crippen LogP contribution in [0.15, 0.2) is 0 Å². The third-order valence-electron chi connectivity index (χ3n) is 1.08. The summed E-state index contributed by atoms with van der Waals surface area (Å²) in [5, 5.41) is 0. The maximum absolute atomic E-state index is 10.1. The van der Waals surface area contributed by atoms with Crippen LogP contribution in [-0.2, 0) is 11.1 Å². The fourth-order valence-electron chi connectivity index (χ4n) is 0.118. The van der Waals surface area contributed by atoms with Gasteiger partial charge in [-0.1, -0.05) is 6.92 Å². The molecule has 0 spiro atoms. The summed E-state index contributed by atoms with van der Waals surface area (Å²) < 4.78 is 20.3. The fourth-order valence-corrected chi connectivity index (χ4v) is 0.354. The molecule has 0 fully saturated rings. The van der Waals surface area contributed by atoms with Crippen molar-refractivity contribution in [2.75, 3.05) is 0 Å². The molecular formula is C4H10NO2S-. The topological polar surface area (TPSA) is 66.2 Å². The molecule has 0 aromatic heterocycles. The van der Waals surface area contributed by atoms with E-state index in [0.717, 1.165) is 0 Å². The lowest BCUT2D eigenvalue weighted by Gasteiger charge is -2.24. The van der Waals surface area contributed by atoms with E-state index >= 15 is 0 Å². The molecule has 0 bridgehead atoms. The molecular weight excluding hydrogens is 126 g/mol. The predicted octanol–water partition coefficient (Wildman–Crippen LogP) is -0.0496. The minimum Gasteiger partial charge on any atom is -0.771 e. The van der Waals surface area contributed by atoms with Crippen molar-refractivity contribution in [3.8, 4) is 0 Å². The van der Waals surface area contributed by atoms with Crippen LogP contribution >= 0.6 is 0 Å². The summed E-state index contributed by atoms with van der Waals surface area (Å²) in [5.41, 5.74) is 5.25. The maximum Gasteiger partial charge on any atom is 0.0756 e. The summed E-state index contributed by atoms with van der Waals surface area (Å²) in [4.78, 5) is -1.04. The molecule has 0 saturated heterocycles. The van der Waals surface area contributed by atoms with Crippen LogP contribution in [0.2, 0.25) is 0 Å². The molecule has 50 valence electrons. The van der Waals surface area contributed by atoms with E-state index < -0.39 is 16.0 Å². The first kappa shape index (κ1) is 8.07. The van der Waals surface area contributed by atoms with Gasteiger partial charge in [-0.3, -0.25) is 4.21 Å². The van der Waals surface area contributed by atoms with Crippen molar-refractivity contribution < 1.29 is 8.76 Å². The normalized spacial score (nSPS) is 22.0. The van der Waals surface area contributed by atoms with Gasteiger partial charge in [-0.2, -0.15) is 0 Å². The Morgan fingerprint density at radius 1 is 1.88 bits per heavy atom. The van der Waals surface area contributed by atoms with Gasteiger partial charge in [0.05, 0.1) is 4.87 Å². The summed E-state index contributed by atoms with van der Waals surface area (Å²) >= 11 is -2.15. The largest absolute Gasteiger partial charge is 0.771 e. The molecule has 0 aliphatic heterocycles. The van der Waals surface area contributed by atoms with Crippen molar-refractivity contribution in [2.24, 2.45) is 5.73 Å². The zero-order valence-electron chi connectivity index (χ0n) is 5.01. The average molecular weight is 136 g/mol. The van der Waals surface area contributed by atoms with Crippen molar-refractivity contribution >= 4 is 11.1 Å². The third kappa shape index (κ3) is 1.90. The highest BCUT2D eigenvalue weighted by Crippen LogP contribution is 2.06. The fraction of sp³-hybridized carbons (Fsp3) is 1.00. The second kappa shape index (κ2) is 2.57. The first-order valence-electron chi connectivity index (χ1n) is 2.39. The summed E-state index contributed by atoms with van der Waals surface area (Å²) in [6.45, 7) is 3.21. The van der Waals surface area contributed by atoms with E-state index in [-0.39, 0.29) is 0 Å². The lowest BCUT2D eigenvalue weighted by atomic mass is 10.3. The van der Waals surface area contributed by atoms with Gasteiger partial charge in [0.25, 0.3) is 0 Å². The smallest absolute Gasteiger partial charge is 0.0756 e. The zero-order valence-corrected chi connectivity index (χ0v) is 5.83. The van der Waals surface area contributed by atoms with E-state index in [1.165, 1.54) is 6.92 Å². The SMILES string of the molecule is CCC(C)(N)S(=O)[O-]. The highest BCUT2D eigenvalue weighted by Gasteiger charge is 2.14. The van der Waals surface area contributed by atoms with Crippen molar-refractivity contribution in [1.29, 1.82) is 0 Å². The van der Waals surface area contributed by atoms with Gasteiger partial charge in [-0.25, -0.2) is 0 Å². The number of nitrogens with two attached hydrogens (primary N) is 1. The molecule has 2 unspecified atom stereocenters. The van der Waals surface area contributed by atoms with E-state index in [0.29, 0.717) is 6.42 Å². The second-order valence-electron chi connectivity index (χ2n) is 1.90. The lowest BCUT2D eigenvalue weighted by Crippen LogP contribution is -2.39. The van der Waals surface area contributed by atoms with Gasteiger partial charge in [-0.05, 0) is 24.4 Å². The van der Waals surface area contributed by atoms with Crippen LogP contribution in [0.4, 0.5) is 0 Å². The number of hydrogen-bond acceptors (Lipinski definition) is 3. The molecule has 4 heteroatoms. The molecule has 2 atom stereocenters. The van der Waals surface area contributed by atoms with E-state index in [2.05, 4.69) is 0 Å². The molecule has 0 radical (unpaired) electrons. The highest BCUT2D eigenvalue weighted by molar-refractivity contribution is 7.80. The molecule has 0 heterocycles. The number of hydrogen-bond donors (Lipinski definition) is 1. The summed E-state index contributed by atoms with van der Waals surface area (Å²) in [6.07, 6.45) is 0.448. The predicted molar refractivity (Wildman–Crippen MR) is 31.8 cm³/mol. The molecule has 0 aromatic rings. The van der Waals surface area contributed by atoms with Gasteiger partial charge in [0.1, 0.15) is 0 Å². The van der Waals surface area contributed by atoms with Crippen LogP contribution in [-0.4, -0.2) is 13.6 Å². The van der Waals surface area contributed by atoms with E-state index in [4.69, 9.17) is 5.73 Å². The maximum atomic E-state index is 10.1. The first-order valence-corrected chi connectivity index (χ1v) is 3.46. The van der Waals surface area contributed by atoms with Gasteiger partial charge in [-0.15, -0.1) is 0 Å². The molecule has 0 aliphatic carbocycles. The number of rotatable bonds is 2. The molecule has 8 heavy (non-hydrogen) atoms. The molecule has 0 aromatic carbocycles. The summed E-state index contributed by atoms with van der Waals surface area (Å²) in [6, 6.07) is 0. The molecule has 0 amide bonds. The lowest BCUT2D eigenvalue weighted by molar-refractivity contribution is 0.481. The Balaban J connectivity index is 3.91. The molecule has 0 rings (SSSR count). The van der Waals surface area contributed by atoms with Crippen molar-refractivity contribution in [3.05, 3.63) is 0 Å². The minimum atomic E-state index is -2.15. The van der Waals surface area contributed by atoms with E-state index in [1.807, 2.05) is 0 Å². The van der Waals surface area contributed by atoms with E-state index in [1.54, 1.807) is 6.92 Å².